The molecule has 0 aliphatic rings. The number of allylic oxidation sites excluding steroid dienone is 1. The number of rotatable bonds is 3. The van der Waals surface area contributed by atoms with E-state index in [2.05, 4.69) is 0 Å². The van der Waals surface area contributed by atoms with Crippen LogP contribution in [0.15, 0.2) is 11.6 Å². The average molecular weight is 155 g/mol. The summed E-state index contributed by atoms with van der Waals surface area (Å²) in [5.41, 5.74) is 0.475. The molecule has 0 radical (unpaired) electrons. The fraction of sp³-hybridized carbons (Fsp3) is 0.625. The van der Waals surface area contributed by atoms with Crippen LogP contribution in [-0.2, 0) is 9.47 Å². The van der Waals surface area contributed by atoms with E-state index in [4.69, 9.17) is 14.7 Å². The Morgan fingerprint density at radius 1 is 1.45 bits per heavy atom. The largest absolute Gasteiger partial charge is 0.349 e. The van der Waals surface area contributed by atoms with Gasteiger partial charge in [-0.2, -0.15) is 5.26 Å². The minimum atomic E-state index is -0.899. The van der Waals surface area contributed by atoms with Gasteiger partial charge in [0.15, 0.2) is 0 Å². The van der Waals surface area contributed by atoms with Crippen LogP contribution in [0.4, 0.5) is 0 Å². The highest BCUT2D eigenvalue weighted by Crippen LogP contribution is 2.19. The highest BCUT2D eigenvalue weighted by atomic mass is 16.7. The van der Waals surface area contributed by atoms with Crippen LogP contribution in [0.25, 0.3) is 0 Å². The SMILES string of the molecule is CC=C(C#N)C(C)(OC)OC. The van der Waals surface area contributed by atoms with E-state index in [1.807, 2.05) is 6.07 Å². The van der Waals surface area contributed by atoms with Gasteiger partial charge in [-0.25, -0.2) is 0 Å². The zero-order valence-electron chi connectivity index (χ0n) is 7.34. The second-order valence-corrected chi connectivity index (χ2v) is 2.17. The van der Waals surface area contributed by atoms with Gasteiger partial charge in [0.1, 0.15) is 6.07 Å². The number of ether oxygens (including phenoxy) is 2. The van der Waals surface area contributed by atoms with Gasteiger partial charge in [0.25, 0.3) is 0 Å². The first-order valence-electron chi connectivity index (χ1n) is 3.31. The van der Waals surface area contributed by atoms with Crippen molar-refractivity contribution in [1.82, 2.24) is 0 Å². The molecule has 0 N–H and O–H groups in total. The summed E-state index contributed by atoms with van der Waals surface area (Å²) in [5, 5.41) is 8.65. The molecule has 62 valence electrons. The Morgan fingerprint density at radius 2 is 1.91 bits per heavy atom. The number of nitriles is 1. The zero-order chi connectivity index (χ0) is 8.91. The maximum Gasteiger partial charge on any atom is 0.201 e. The van der Waals surface area contributed by atoms with Crippen LogP contribution >= 0.6 is 0 Å². The van der Waals surface area contributed by atoms with Crippen LogP contribution in [0.3, 0.4) is 0 Å². The Kier molecular flexibility index (Phi) is 3.80. The Bertz CT molecular complexity index is 187. The van der Waals surface area contributed by atoms with Crippen LogP contribution < -0.4 is 0 Å². The first-order valence-corrected chi connectivity index (χ1v) is 3.31. The molecule has 0 amide bonds. The molecule has 0 saturated heterocycles. The lowest BCUT2D eigenvalue weighted by atomic mass is 10.1. The molecular weight excluding hydrogens is 142 g/mol. The smallest absolute Gasteiger partial charge is 0.201 e. The first-order chi connectivity index (χ1) is 5.14. The molecule has 0 fully saturated rings. The molecule has 0 aliphatic heterocycles. The van der Waals surface area contributed by atoms with Crippen molar-refractivity contribution >= 4 is 0 Å². The number of nitrogens with zero attached hydrogens (tertiary/aromatic N) is 1. The lowest BCUT2D eigenvalue weighted by Crippen LogP contribution is -2.31. The third-order valence-electron chi connectivity index (χ3n) is 1.68. The van der Waals surface area contributed by atoms with Crippen molar-refractivity contribution in [3.05, 3.63) is 11.6 Å². The Balaban J connectivity index is 4.64. The average Bonchev–Trinajstić information content (AvgIpc) is 2.06. The van der Waals surface area contributed by atoms with E-state index < -0.39 is 5.79 Å². The zero-order valence-corrected chi connectivity index (χ0v) is 7.34. The van der Waals surface area contributed by atoms with Crippen LogP contribution in [-0.4, -0.2) is 20.0 Å². The normalized spacial score (nSPS) is 12.8. The van der Waals surface area contributed by atoms with Crippen molar-refractivity contribution in [2.75, 3.05) is 14.2 Å². The quantitative estimate of drug-likeness (QED) is 0.457. The fourth-order valence-corrected chi connectivity index (χ4v) is 0.732. The predicted molar refractivity (Wildman–Crippen MR) is 41.8 cm³/mol. The molecule has 0 rings (SSSR count). The summed E-state index contributed by atoms with van der Waals surface area (Å²) in [4.78, 5) is 0. The molecule has 0 aromatic carbocycles. The topological polar surface area (TPSA) is 42.2 Å². The summed E-state index contributed by atoms with van der Waals surface area (Å²) in [6.07, 6.45) is 1.67. The van der Waals surface area contributed by atoms with E-state index in [0.29, 0.717) is 5.57 Å². The summed E-state index contributed by atoms with van der Waals surface area (Å²) in [6, 6.07) is 2.01. The number of hydrogen-bond donors (Lipinski definition) is 0. The Morgan fingerprint density at radius 3 is 2.00 bits per heavy atom. The minimum Gasteiger partial charge on any atom is -0.349 e. The number of methoxy groups -OCH3 is 2. The summed E-state index contributed by atoms with van der Waals surface area (Å²) < 4.78 is 10.0. The summed E-state index contributed by atoms with van der Waals surface area (Å²) in [6.45, 7) is 3.47. The van der Waals surface area contributed by atoms with Crippen molar-refractivity contribution in [1.29, 1.82) is 5.26 Å². The van der Waals surface area contributed by atoms with Crippen LogP contribution in [0, 0.1) is 11.3 Å². The van der Waals surface area contributed by atoms with E-state index in [9.17, 15) is 0 Å². The molecule has 0 spiro atoms. The van der Waals surface area contributed by atoms with Gasteiger partial charge in [0.2, 0.25) is 5.79 Å². The van der Waals surface area contributed by atoms with Gasteiger partial charge in [0, 0.05) is 14.2 Å². The molecular formula is C8H13NO2. The van der Waals surface area contributed by atoms with Crippen molar-refractivity contribution in [2.24, 2.45) is 0 Å². The second-order valence-electron chi connectivity index (χ2n) is 2.17. The molecule has 0 aliphatic carbocycles. The van der Waals surface area contributed by atoms with E-state index in [0.717, 1.165) is 0 Å². The lowest BCUT2D eigenvalue weighted by Gasteiger charge is -2.25. The Labute approximate surface area is 67.2 Å². The molecule has 3 heteroatoms. The maximum atomic E-state index is 8.65. The molecule has 0 aromatic heterocycles. The number of hydrogen-bond acceptors (Lipinski definition) is 3. The third kappa shape index (κ3) is 2.04. The molecule has 0 saturated carbocycles. The lowest BCUT2D eigenvalue weighted by molar-refractivity contribution is -0.161. The highest BCUT2D eigenvalue weighted by Gasteiger charge is 2.27. The van der Waals surface area contributed by atoms with Crippen molar-refractivity contribution in [2.45, 2.75) is 19.6 Å². The highest BCUT2D eigenvalue weighted by molar-refractivity contribution is 5.27. The van der Waals surface area contributed by atoms with E-state index in [1.165, 1.54) is 14.2 Å². The molecule has 11 heavy (non-hydrogen) atoms. The van der Waals surface area contributed by atoms with Gasteiger partial charge in [-0.15, -0.1) is 0 Å². The van der Waals surface area contributed by atoms with Gasteiger partial charge in [-0.3, -0.25) is 0 Å². The second kappa shape index (κ2) is 4.12. The van der Waals surface area contributed by atoms with Crippen LogP contribution in [0.1, 0.15) is 13.8 Å². The fourth-order valence-electron chi connectivity index (χ4n) is 0.732. The summed E-state index contributed by atoms with van der Waals surface area (Å²) in [7, 11) is 3.01. The maximum absolute atomic E-state index is 8.65. The molecule has 0 heterocycles. The predicted octanol–water partition coefficient (Wildman–Crippen LogP) is 1.47. The van der Waals surface area contributed by atoms with E-state index >= 15 is 0 Å². The van der Waals surface area contributed by atoms with E-state index in [1.54, 1.807) is 19.9 Å². The first kappa shape index (κ1) is 10.2. The van der Waals surface area contributed by atoms with Gasteiger partial charge >= 0.3 is 0 Å². The standard InChI is InChI=1S/C8H13NO2/c1-5-7(6-9)8(2,10-3)11-4/h5H,1-4H3. The van der Waals surface area contributed by atoms with Gasteiger partial charge in [-0.05, 0) is 13.8 Å². The molecule has 0 aromatic rings. The molecule has 0 bridgehead atoms. The van der Waals surface area contributed by atoms with Crippen LogP contribution in [0.5, 0.6) is 0 Å². The van der Waals surface area contributed by atoms with Crippen molar-refractivity contribution in [3.8, 4) is 6.07 Å². The third-order valence-corrected chi connectivity index (χ3v) is 1.68. The summed E-state index contributed by atoms with van der Waals surface area (Å²) >= 11 is 0. The minimum absolute atomic E-state index is 0.475. The summed E-state index contributed by atoms with van der Waals surface area (Å²) in [5.74, 6) is -0.899. The van der Waals surface area contributed by atoms with Crippen molar-refractivity contribution < 1.29 is 9.47 Å². The van der Waals surface area contributed by atoms with Gasteiger partial charge in [0.05, 0.1) is 5.57 Å². The van der Waals surface area contributed by atoms with Gasteiger partial charge < -0.3 is 9.47 Å². The molecule has 0 atom stereocenters. The van der Waals surface area contributed by atoms with Crippen molar-refractivity contribution in [3.63, 3.8) is 0 Å². The van der Waals surface area contributed by atoms with Gasteiger partial charge in [-0.1, -0.05) is 6.08 Å². The molecule has 0 unspecified atom stereocenters. The molecule has 3 nitrogen and oxygen atoms in total. The Hall–Kier alpha value is -0.850. The monoisotopic (exact) mass is 155 g/mol. The van der Waals surface area contributed by atoms with E-state index in [-0.39, 0.29) is 0 Å². The van der Waals surface area contributed by atoms with Crippen LogP contribution in [0.2, 0.25) is 0 Å².